The fraction of sp³-hybridized carbons (Fsp3) is 0.111. The Bertz CT molecular complexity index is 784. The number of fused-ring (bicyclic) bond motifs is 1. The first-order chi connectivity index (χ1) is 10.2. The molecule has 0 unspecified atom stereocenters. The van der Waals surface area contributed by atoms with E-state index in [4.69, 9.17) is 11.6 Å². The number of carbonyl (C=O) groups is 1. The molecule has 1 heterocycles. The fourth-order valence-electron chi connectivity index (χ4n) is 2.32. The topological polar surface area (TPSA) is 30.0 Å². The van der Waals surface area contributed by atoms with E-state index in [9.17, 15) is 4.79 Å². The Balaban J connectivity index is 1.78. The van der Waals surface area contributed by atoms with Crippen molar-refractivity contribution in [3.8, 4) is 0 Å². The lowest BCUT2D eigenvalue weighted by atomic mass is 10.0. The van der Waals surface area contributed by atoms with Gasteiger partial charge in [0.25, 0.3) is 0 Å². The maximum atomic E-state index is 12.1. The molecule has 0 saturated carbocycles. The average molecular weight is 296 g/mol. The van der Waals surface area contributed by atoms with Gasteiger partial charge in [-0.05, 0) is 18.6 Å². The number of hydrogen-bond donors (Lipinski definition) is 0. The Morgan fingerprint density at radius 2 is 1.71 bits per heavy atom. The van der Waals surface area contributed by atoms with Crippen molar-refractivity contribution < 1.29 is 4.79 Å². The number of halogens is 1. The third kappa shape index (κ3) is 3.11. The molecule has 2 nitrogen and oxygen atoms in total. The van der Waals surface area contributed by atoms with Gasteiger partial charge in [0.2, 0.25) is 0 Å². The van der Waals surface area contributed by atoms with Crippen molar-refractivity contribution in [1.82, 2.24) is 4.98 Å². The molecule has 3 aromatic rings. The van der Waals surface area contributed by atoms with Crippen molar-refractivity contribution in [2.75, 3.05) is 0 Å². The first-order valence-electron chi connectivity index (χ1n) is 6.86. The van der Waals surface area contributed by atoms with Crippen LogP contribution in [0.4, 0.5) is 0 Å². The van der Waals surface area contributed by atoms with Crippen LogP contribution in [0.1, 0.15) is 22.5 Å². The predicted molar refractivity (Wildman–Crippen MR) is 85.8 cm³/mol. The van der Waals surface area contributed by atoms with Gasteiger partial charge in [-0.25, -0.2) is 0 Å². The monoisotopic (exact) mass is 295 g/mol. The molecule has 0 fully saturated rings. The molecule has 1 aromatic heterocycles. The van der Waals surface area contributed by atoms with Crippen molar-refractivity contribution in [2.24, 2.45) is 0 Å². The van der Waals surface area contributed by atoms with Crippen LogP contribution in [0.5, 0.6) is 0 Å². The minimum absolute atomic E-state index is 0.127. The molecular weight excluding hydrogens is 282 g/mol. The highest BCUT2D eigenvalue weighted by molar-refractivity contribution is 6.35. The van der Waals surface area contributed by atoms with Gasteiger partial charge in [-0.15, -0.1) is 0 Å². The van der Waals surface area contributed by atoms with Crippen LogP contribution in [0.3, 0.4) is 0 Å². The average Bonchev–Trinajstić information content (AvgIpc) is 2.53. The summed E-state index contributed by atoms with van der Waals surface area (Å²) >= 11 is 6.27. The smallest absolute Gasteiger partial charge is 0.163 e. The highest BCUT2D eigenvalue weighted by Gasteiger charge is 2.08. The Morgan fingerprint density at radius 1 is 1.00 bits per heavy atom. The molecule has 0 bridgehead atoms. The van der Waals surface area contributed by atoms with Crippen molar-refractivity contribution in [3.63, 3.8) is 0 Å². The molecular formula is C18H14ClNO. The van der Waals surface area contributed by atoms with Crippen molar-refractivity contribution in [1.29, 1.82) is 0 Å². The standard InChI is InChI=1S/C18H14ClNO/c19-16-12-14(20-17-9-5-4-8-15(16)17)10-11-18(21)13-6-2-1-3-7-13/h1-9,12H,10-11H2. The Kier molecular flexibility index (Phi) is 3.98. The number of aryl methyl sites for hydroxylation is 1. The van der Waals surface area contributed by atoms with Crippen molar-refractivity contribution >= 4 is 28.3 Å². The molecule has 3 rings (SSSR count). The van der Waals surface area contributed by atoms with E-state index in [0.717, 1.165) is 22.2 Å². The summed E-state index contributed by atoms with van der Waals surface area (Å²) in [6.45, 7) is 0. The Labute approximate surface area is 128 Å². The Hall–Kier alpha value is -2.19. The summed E-state index contributed by atoms with van der Waals surface area (Å²) in [4.78, 5) is 16.7. The van der Waals surface area contributed by atoms with Crippen molar-refractivity contribution in [3.05, 3.63) is 76.9 Å². The summed E-state index contributed by atoms with van der Waals surface area (Å²) in [7, 11) is 0. The van der Waals surface area contributed by atoms with Gasteiger partial charge in [-0.1, -0.05) is 60.1 Å². The zero-order valence-corrected chi connectivity index (χ0v) is 12.2. The number of aromatic nitrogens is 1. The molecule has 21 heavy (non-hydrogen) atoms. The van der Waals surface area contributed by atoms with Gasteiger partial charge in [0.1, 0.15) is 0 Å². The molecule has 0 radical (unpaired) electrons. The van der Waals surface area contributed by atoms with Crippen molar-refractivity contribution in [2.45, 2.75) is 12.8 Å². The van der Waals surface area contributed by atoms with E-state index in [2.05, 4.69) is 4.98 Å². The summed E-state index contributed by atoms with van der Waals surface area (Å²) in [5.41, 5.74) is 2.46. The first-order valence-corrected chi connectivity index (χ1v) is 7.24. The van der Waals surface area contributed by atoms with Gasteiger partial charge < -0.3 is 0 Å². The summed E-state index contributed by atoms with van der Waals surface area (Å²) < 4.78 is 0. The normalized spacial score (nSPS) is 10.7. The van der Waals surface area contributed by atoms with Crippen LogP contribution in [0.15, 0.2) is 60.7 Å². The van der Waals surface area contributed by atoms with E-state index in [1.54, 1.807) is 0 Å². The van der Waals surface area contributed by atoms with Crippen LogP contribution in [0.25, 0.3) is 10.9 Å². The lowest BCUT2D eigenvalue weighted by molar-refractivity contribution is 0.0982. The maximum absolute atomic E-state index is 12.1. The summed E-state index contributed by atoms with van der Waals surface area (Å²) in [5.74, 6) is 0.127. The zero-order chi connectivity index (χ0) is 14.7. The van der Waals surface area contributed by atoms with E-state index in [0.29, 0.717) is 17.9 Å². The maximum Gasteiger partial charge on any atom is 0.163 e. The summed E-state index contributed by atoms with van der Waals surface area (Å²) in [5, 5.41) is 1.63. The largest absolute Gasteiger partial charge is 0.294 e. The van der Waals surface area contributed by atoms with Crippen LogP contribution < -0.4 is 0 Å². The molecule has 0 N–H and O–H groups in total. The van der Waals surface area contributed by atoms with Crippen LogP contribution >= 0.6 is 11.6 Å². The highest BCUT2D eigenvalue weighted by atomic mass is 35.5. The second-order valence-corrected chi connectivity index (χ2v) is 5.31. The quantitative estimate of drug-likeness (QED) is 0.653. The number of carbonyl (C=O) groups excluding carboxylic acids is 1. The zero-order valence-electron chi connectivity index (χ0n) is 11.4. The molecule has 0 amide bonds. The predicted octanol–water partition coefficient (Wildman–Crippen LogP) is 4.70. The first kappa shape index (κ1) is 13.8. The third-order valence-corrected chi connectivity index (χ3v) is 3.74. The van der Waals surface area contributed by atoms with Gasteiger partial charge in [-0.2, -0.15) is 0 Å². The molecule has 0 aliphatic rings. The lowest BCUT2D eigenvalue weighted by Gasteiger charge is -2.05. The second kappa shape index (κ2) is 6.06. The van der Waals surface area contributed by atoms with Crippen LogP contribution in [-0.2, 0) is 6.42 Å². The number of rotatable bonds is 4. The number of nitrogens with zero attached hydrogens (tertiary/aromatic N) is 1. The Morgan fingerprint density at radius 3 is 2.52 bits per heavy atom. The number of hydrogen-bond acceptors (Lipinski definition) is 2. The number of benzene rings is 2. The van der Waals surface area contributed by atoms with Gasteiger partial charge in [0, 0.05) is 23.1 Å². The van der Waals surface area contributed by atoms with E-state index >= 15 is 0 Å². The molecule has 0 aliphatic carbocycles. The number of ketones is 1. The van der Waals surface area contributed by atoms with E-state index in [1.165, 1.54) is 0 Å². The van der Waals surface area contributed by atoms with Crippen LogP contribution in [0.2, 0.25) is 5.02 Å². The minimum atomic E-state index is 0.127. The molecule has 0 atom stereocenters. The molecule has 2 aromatic carbocycles. The van der Waals surface area contributed by atoms with E-state index in [-0.39, 0.29) is 5.78 Å². The number of para-hydroxylation sites is 1. The van der Waals surface area contributed by atoms with Gasteiger partial charge >= 0.3 is 0 Å². The third-order valence-electron chi connectivity index (χ3n) is 3.42. The van der Waals surface area contributed by atoms with E-state index in [1.807, 2.05) is 60.7 Å². The SMILES string of the molecule is O=C(CCc1cc(Cl)c2ccccc2n1)c1ccccc1. The van der Waals surface area contributed by atoms with Crippen LogP contribution in [-0.4, -0.2) is 10.8 Å². The fourth-order valence-corrected chi connectivity index (χ4v) is 2.61. The second-order valence-electron chi connectivity index (χ2n) is 4.90. The van der Waals surface area contributed by atoms with Gasteiger partial charge in [-0.3, -0.25) is 9.78 Å². The van der Waals surface area contributed by atoms with Gasteiger partial charge in [0.15, 0.2) is 5.78 Å². The summed E-state index contributed by atoms with van der Waals surface area (Å²) in [6.07, 6.45) is 1.03. The van der Waals surface area contributed by atoms with E-state index < -0.39 is 0 Å². The molecule has 0 saturated heterocycles. The highest BCUT2D eigenvalue weighted by Crippen LogP contribution is 2.23. The number of Topliss-reactive ketones (excluding diaryl/α,β-unsaturated/α-hetero) is 1. The molecule has 0 spiro atoms. The molecule has 3 heteroatoms. The van der Waals surface area contributed by atoms with Gasteiger partial charge in [0.05, 0.1) is 10.5 Å². The number of pyridine rings is 1. The lowest BCUT2D eigenvalue weighted by Crippen LogP contribution is -2.02. The summed E-state index contributed by atoms with van der Waals surface area (Å²) in [6, 6.07) is 18.9. The molecule has 0 aliphatic heterocycles. The van der Waals surface area contributed by atoms with Crippen LogP contribution in [0, 0.1) is 0 Å². The molecule has 104 valence electrons. The minimum Gasteiger partial charge on any atom is -0.294 e.